The van der Waals surface area contributed by atoms with Gasteiger partial charge in [0.25, 0.3) is 0 Å². The van der Waals surface area contributed by atoms with Gasteiger partial charge in [-0.1, -0.05) is 0 Å². The van der Waals surface area contributed by atoms with Crippen LogP contribution in [0.5, 0.6) is 5.88 Å². The Bertz CT molecular complexity index is 377. The summed E-state index contributed by atoms with van der Waals surface area (Å²) in [5, 5.41) is 5.57. The van der Waals surface area contributed by atoms with E-state index in [0.717, 1.165) is 12.8 Å². The zero-order chi connectivity index (χ0) is 11.4. The first-order valence-corrected chi connectivity index (χ1v) is 5.45. The van der Waals surface area contributed by atoms with Crippen LogP contribution in [0, 0.1) is 0 Å². The first kappa shape index (κ1) is 10.7. The van der Waals surface area contributed by atoms with Crippen LogP contribution >= 0.6 is 0 Å². The van der Waals surface area contributed by atoms with Crippen molar-refractivity contribution in [2.45, 2.75) is 25.8 Å². The maximum Gasteiger partial charge on any atom is 0.319 e. The van der Waals surface area contributed by atoms with E-state index in [1.54, 1.807) is 18.3 Å². The number of nitrogens with one attached hydrogen (secondary N) is 2. The number of aromatic nitrogens is 1. The second-order valence-corrected chi connectivity index (χ2v) is 3.66. The van der Waals surface area contributed by atoms with Gasteiger partial charge in [-0.2, -0.15) is 0 Å². The molecule has 2 amide bonds. The van der Waals surface area contributed by atoms with Gasteiger partial charge < -0.3 is 15.4 Å². The van der Waals surface area contributed by atoms with Crippen molar-refractivity contribution in [1.82, 2.24) is 10.3 Å². The first-order valence-electron chi connectivity index (χ1n) is 5.45. The Balaban J connectivity index is 1.98. The molecule has 1 aromatic heterocycles. The summed E-state index contributed by atoms with van der Waals surface area (Å²) in [4.78, 5) is 15.6. The molecule has 1 aliphatic carbocycles. The number of rotatable bonds is 4. The Labute approximate surface area is 94.2 Å². The number of anilines is 1. The lowest BCUT2D eigenvalue weighted by Crippen LogP contribution is -2.30. The normalized spacial score (nSPS) is 14.3. The number of hydrogen-bond donors (Lipinski definition) is 2. The summed E-state index contributed by atoms with van der Waals surface area (Å²) >= 11 is 0. The van der Waals surface area contributed by atoms with E-state index in [-0.39, 0.29) is 6.03 Å². The van der Waals surface area contributed by atoms with Gasteiger partial charge in [-0.15, -0.1) is 0 Å². The Morgan fingerprint density at radius 3 is 3.12 bits per heavy atom. The molecule has 5 heteroatoms. The molecule has 2 N–H and O–H groups in total. The molecule has 0 aliphatic heterocycles. The zero-order valence-electron chi connectivity index (χ0n) is 9.19. The molecule has 1 heterocycles. The number of hydrogen-bond acceptors (Lipinski definition) is 3. The molecular weight excluding hydrogens is 206 g/mol. The fourth-order valence-corrected chi connectivity index (χ4v) is 1.31. The summed E-state index contributed by atoms with van der Waals surface area (Å²) in [7, 11) is 0. The van der Waals surface area contributed by atoms with E-state index in [4.69, 9.17) is 4.74 Å². The monoisotopic (exact) mass is 221 g/mol. The second kappa shape index (κ2) is 4.83. The summed E-state index contributed by atoms with van der Waals surface area (Å²) in [5.41, 5.74) is 0.600. The highest BCUT2D eigenvalue weighted by Gasteiger charge is 2.23. The molecule has 0 bridgehead atoms. The fraction of sp³-hybridized carbons (Fsp3) is 0.455. The Hall–Kier alpha value is -1.78. The Morgan fingerprint density at radius 1 is 1.62 bits per heavy atom. The molecule has 86 valence electrons. The van der Waals surface area contributed by atoms with Crippen LogP contribution in [0.15, 0.2) is 18.3 Å². The van der Waals surface area contributed by atoms with Crippen LogP contribution in [0.1, 0.15) is 19.8 Å². The van der Waals surface area contributed by atoms with Gasteiger partial charge in [0.2, 0.25) is 5.88 Å². The minimum atomic E-state index is -0.198. The van der Waals surface area contributed by atoms with Crippen molar-refractivity contribution < 1.29 is 9.53 Å². The van der Waals surface area contributed by atoms with Crippen LogP contribution in [-0.2, 0) is 0 Å². The summed E-state index contributed by atoms with van der Waals surface area (Å²) in [6.07, 6.45) is 3.77. The number of nitrogens with zero attached hydrogens (tertiary/aromatic N) is 1. The largest absolute Gasteiger partial charge is 0.476 e. The second-order valence-electron chi connectivity index (χ2n) is 3.66. The van der Waals surface area contributed by atoms with Crippen LogP contribution in [-0.4, -0.2) is 23.7 Å². The number of amides is 2. The lowest BCUT2D eigenvalue weighted by atomic mass is 10.4. The number of carbonyl (C=O) groups is 1. The van der Waals surface area contributed by atoms with E-state index < -0.39 is 0 Å². The molecule has 0 spiro atoms. The number of carbonyl (C=O) groups excluding carboxylic acids is 1. The van der Waals surface area contributed by atoms with Gasteiger partial charge >= 0.3 is 6.03 Å². The lowest BCUT2D eigenvalue weighted by molar-refractivity contribution is 0.251. The summed E-state index contributed by atoms with van der Waals surface area (Å²) in [6.45, 7) is 2.40. The van der Waals surface area contributed by atoms with Gasteiger partial charge in [0.1, 0.15) is 5.69 Å². The van der Waals surface area contributed by atoms with Crippen LogP contribution in [0.25, 0.3) is 0 Å². The van der Waals surface area contributed by atoms with Crippen LogP contribution in [0.2, 0.25) is 0 Å². The van der Waals surface area contributed by atoms with E-state index in [2.05, 4.69) is 15.6 Å². The lowest BCUT2D eigenvalue weighted by Gasteiger charge is -2.10. The smallest absolute Gasteiger partial charge is 0.319 e. The van der Waals surface area contributed by atoms with Crippen LogP contribution < -0.4 is 15.4 Å². The standard InChI is InChI=1S/C11H15N3O2/c1-2-16-10-9(4-3-7-12-10)14-11(15)13-8-5-6-8/h3-4,7-8H,2,5-6H2,1H3,(H2,13,14,15). The van der Waals surface area contributed by atoms with Gasteiger partial charge in [0.05, 0.1) is 6.61 Å². The predicted octanol–water partition coefficient (Wildman–Crippen LogP) is 1.76. The SMILES string of the molecule is CCOc1ncccc1NC(=O)NC1CC1. The minimum Gasteiger partial charge on any atom is -0.476 e. The van der Waals surface area contributed by atoms with Crippen molar-refractivity contribution >= 4 is 11.7 Å². The third kappa shape index (κ3) is 2.85. The highest BCUT2D eigenvalue weighted by Crippen LogP contribution is 2.22. The van der Waals surface area contributed by atoms with Gasteiger partial charge in [-0.05, 0) is 31.9 Å². The van der Waals surface area contributed by atoms with E-state index >= 15 is 0 Å². The predicted molar refractivity (Wildman–Crippen MR) is 60.6 cm³/mol. The third-order valence-corrected chi connectivity index (χ3v) is 2.21. The molecule has 0 radical (unpaired) electrons. The van der Waals surface area contributed by atoms with Crippen LogP contribution in [0.3, 0.4) is 0 Å². The molecule has 1 saturated carbocycles. The van der Waals surface area contributed by atoms with E-state index in [9.17, 15) is 4.79 Å². The average molecular weight is 221 g/mol. The highest BCUT2D eigenvalue weighted by atomic mass is 16.5. The molecule has 1 aromatic rings. The maximum atomic E-state index is 11.5. The van der Waals surface area contributed by atoms with Crippen molar-refractivity contribution in [3.8, 4) is 5.88 Å². The molecule has 16 heavy (non-hydrogen) atoms. The summed E-state index contributed by atoms with van der Waals surface area (Å²) in [5.74, 6) is 0.455. The molecule has 0 aromatic carbocycles. The average Bonchev–Trinajstić information content (AvgIpc) is 3.05. The summed E-state index contributed by atoms with van der Waals surface area (Å²) < 4.78 is 5.30. The minimum absolute atomic E-state index is 0.198. The highest BCUT2D eigenvalue weighted by molar-refractivity contribution is 5.90. The number of pyridine rings is 1. The van der Waals surface area contributed by atoms with Crippen LogP contribution in [0.4, 0.5) is 10.5 Å². The molecule has 1 fully saturated rings. The summed E-state index contributed by atoms with van der Waals surface area (Å²) in [6, 6.07) is 3.67. The molecule has 0 unspecified atom stereocenters. The zero-order valence-corrected chi connectivity index (χ0v) is 9.19. The van der Waals surface area contributed by atoms with Gasteiger partial charge in [-0.25, -0.2) is 9.78 Å². The third-order valence-electron chi connectivity index (χ3n) is 2.21. The topological polar surface area (TPSA) is 63.2 Å². The quantitative estimate of drug-likeness (QED) is 0.814. The van der Waals surface area contributed by atoms with E-state index in [1.165, 1.54) is 0 Å². The Morgan fingerprint density at radius 2 is 2.44 bits per heavy atom. The first-order chi connectivity index (χ1) is 7.79. The van der Waals surface area contributed by atoms with Crippen molar-refractivity contribution in [2.24, 2.45) is 0 Å². The molecule has 0 atom stereocenters. The molecule has 1 aliphatic rings. The molecule has 5 nitrogen and oxygen atoms in total. The van der Waals surface area contributed by atoms with Gasteiger partial charge in [0.15, 0.2) is 0 Å². The Kier molecular flexibility index (Phi) is 3.24. The van der Waals surface area contributed by atoms with Gasteiger partial charge in [0, 0.05) is 12.2 Å². The number of ether oxygens (including phenoxy) is 1. The van der Waals surface area contributed by atoms with Crippen molar-refractivity contribution in [1.29, 1.82) is 0 Å². The maximum absolute atomic E-state index is 11.5. The van der Waals surface area contributed by atoms with Crippen molar-refractivity contribution in [3.05, 3.63) is 18.3 Å². The van der Waals surface area contributed by atoms with Crippen molar-refractivity contribution in [3.63, 3.8) is 0 Å². The fourth-order valence-electron chi connectivity index (χ4n) is 1.31. The molecule has 2 rings (SSSR count). The van der Waals surface area contributed by atoms with Gasteiger partial charge in [-0.3, -0.25) is 0 Å². The number of urea groups is 1. The van der Waals surface area contributed by atoms with Crippen molar-refractivity contribution in [2.75, 3.05) is 11.9 Å². The molecule has 0 saturated heterocycles. The molecular formula is C11H15N3O2. The van der Waals surface area contributed by atoms with E-state index in [0.29, 0.717) is 24.2 Å². The van der Waals surface area contributed by atoms with E-state index in [1.807, 2.05) is 6.92 Å².